The molecule has 0 fully saturated rings. The van der Waals surface area contributed by atoms with Gasteiger partial charge in [0.2, 0.25) is 5.91 Å². The third-order valence-electron chi connectivity index (χ3n) is 1.94. The SMILES string of the molecule is CC(C)C(=O)n1cnc2cncnc21. The Labute approximate surface area is 80.8 Å². The molecule has 0 amide bonds. The highest BCUT2D eigenvalue weighted by Gasteiger charge is 2.13. The number of imidazole rings is 1. The molecule has 72 valence electrons. The van der Waals surface area contributed by atoms with Gasteiger partial charge in [-0.05, 0) is 0 Å². The fraction of sp³-hybridized carbons (Fsp3) is 0.333. The van der Waals surface area contributed by atoms with Gasteiger partial charge in [0, 0.05) is 5.92 Å². The molecular formula is C9H10N4O. The van der Waals surface area contributed by atoms with Gasteiger partial charge in [-0.25, -0.2) is 15.0 Å². The zero-order valence-corrected chi connectivity index (χ0v) is 8.01. The lowest BCUT2D eigenvalue weighted by Gasteiger charge is -2.03. The van der Waals surface area contributed by atoms with E-state index in [-0.39, 0.29) is 11.8 Å². The molecule has 0 N–H and O–H groups in total. The highest BCUT2D eigenvalue weighted by atomic mass is 16.2. The molecule has 0 saturated heterocycles. The van der Waals surface area contributed by atoms with E-state index in [0.717, 1.165) is 0 Å². The largest absolute Gasteiger partial charge is 0.274 e. The molecule has 2 heterocycles. The van der Waals surface area contributed by atoms with Gasteiger partial charge in [0.25, 0.3) is 0 Å². The van der Waals surface area contributed by atoms with E-state index in [1.165, 1.54) is 17.2 Å². The van der Waals surface area contributed by atoms with Crippen molar-refractivity contribution in [1.29, 1.82) is 0 Å². The predicted octanol–water partition coefficient (Wildman–Crippen LogP) is 1.12. The molecule has 0 spiro atoms. The summed E-state index contributed by atoms with van der Waals surface area (Å²) in [4.78, 5) is 23.6. The first kappa shape index (κ1) is 8.80. The van der Waals surface area contributed by atoms with E-state index in [1.54, 1.807) is 6.20 Å². The van der Waals surface area contributed by atoms with E-state index >= 15 is 0 Å². The number of rotatable bonds is 1. The molecule has 0 aromatic carbocycles. The van der Waals surface area contributed by atoms with Crippen LogP contribution in [0.5, 0.6) is 0 Å². The van der Waals surface area contributed by atoms with Crippen LogP contribution in [0.1, 0.15) is 18.6 Å². The summed E-state index contributed by atoms with van der Waals surface area (Å²) in [6, 6.07) is 0. The predicted molar refractivity (Wildman–Crippen MR) is 50.8 cm³/mol. The van der Waals surface area contributed by atoms with Crippen LogP contribution in [0.25, 0.3) is 11.2 Å². The van der Waals surface area contributed by atoms with Gasteiger partial charge in [-0.3, -0.25) is 9.36 Å². The average Bonchev–Trinajstić information content (AvgIpc) is 2.60. The molecule has 14 heavy (non-hydrogen) atoms. The van der Waals surface area contributed by atoms with E-state index in [1.807, 2.05) is 13.8 Å². The van der Waals surface area contributed by atoms with Crippen LogP contribution in [0, 0.1) is 5.92 Å². The van der Waals surface area contributed by atoms with Crippen LogP contribution in [0.2, 0.25) is 0 Å². The van der Waals surface area contributed by atoms with Gasteiger partial charge in [-0.15, -0.1) is 0 Å². The van der Waals surface area contributed by atoms with Gasteiger partial charge in [0.05, 0.1) is 6.20 Å². The monoisotopic (exact) mass is 190 g/mol. The van der Waals surface area contributed by atoms with E-state index in [0.29, 0.717) is 11.2 Å². The van der Waals surface area contributed by atoms with Crippen LogP contribution in [0.4, 0.5) is 0 Å². The highest BCUT2D eigenvalue weighted by Crippen LogP contribution is 2.09. The van der Waals surface area contributed by atoms with Gasteiger partial charge in [-0.1, -0.05) is 13.8 Å². The van der Waals surface area contributed by atoms with Crippen LogP contribution in [-0.2, 0) is 0 Å². The second-order valence-corrected chi connectivity index (χ2v) is 3.34. The topological polar surface area (TPSA) is 60.7 Å². The van der Waals surface area contributed by atoms with Crippen LogP contribution in [0.15, 0.2) is 18.9 Å². The maximum atomic E-state index is 11.7. The van der Waals surface area contributed by atoms with Crippen LogP contribution in [-0.4, -0.2) is 25.4 Å². The summed E-state index contributed by atoms with van der Waals surface area (Å²) in [5.41, 5.74) is 1.21. The molecule has 2 rings (SSSR count). The van der Waals surface area contributed by atoms with Crippen molar-refractivity contribution in [3.8, 4) is 0 Å². The van der Waals surface area contributed by atoms with E-state index in [2.05, 4.69) is 15.0 Å². The summed E-state index contributed by atoms with van der Waals surface area (Å²) >= 11 is 0. The molecule has 0 bridgehead atoms. The minimum atomic E-state index is -0.0673. The Bertz CT molecular complexity index is 474. The third kappa shape index (κ3) is 1.26. The second-order valence-electron chi connectivity index (χ2n) is 3.34. The Balaban J connectivity index is 2.58. The quantitative estimate of drug-likeness (QED) is 0.676. The lowest BCUT2D eigenvalue weighted by molar-refractivity contribution is 0.0859. The zero-order valence-electron chi connectivity index (χ0n) is 8.01. The van der Waals surface area contributed by atoms with E-state index < -0.39 is 0 Å². The van der Waals surface area contributed by atoms with Crippen molar-refractivity contribution in [1.82, 2.24) is 19.5 Å². The van der Waals surface area contributed by atoms with E-state index in [4.69, 9.17) is 0 Å². The number of hydrogen-bond donors (Lipinski definition) is 0. The number of hydrogen-bond acceptors (Lipinski definition) is 4. The molecule has 0 unspecified atom stereocenters. The number of aromatic nitrogens is 4. The first-order chi connectivity index (χ1) is 6.70. The molecule has 0 aliphatic heterocycles. The van der Waals surface area contributed by atoms with Crippen LogP contribution >= 0.6 is 0 Å². The molecule has 0 radical (unpaired) electrons. The van der Waals surface area contributed by atoms with Gasteiger partial charge in [0.15, 0.2) is 5.65 Å². The van der Waals surface area contributed by atoms with Crippen molar-refractivity contribution in [2.45, 2.75) is 13.8 Å². The Hall–Kier alpha value is -1.78. The Morgan fingerprint density at radius 1 is 1.43 bits per heavy atom. The number of fused-ring (bicyclic) bond motifs is 1. The maximum absolute atomic E-state index is 11.7. The molecule has 2 aromatic rings. The molecule has 0 aliphatic rings. The van der Waals surface area contributed by atoms with Crippen molar-refractivity contribution in [3.05, 3.63) is 18.9 Å². The maximum Gasteiger partial charge on any atom is 0.236 e. The van der Waals surface area contributed by atoms with Crippen molar-refractivity contribution in [2.24, 2.45) is 5.92 Å². The molecule has 2 aromatic heterocycles. The Morgan fingerprint density at radius 2 is 2.21 bits per heavy atom. The van der Waals surface area contributed by atoms with Gasteiger partial charge in [0.1, 0.15) is 18.2 Å². The van der Waals surface area contributed by atoms with Crippen LogP contribution < -0.4 is 0 Å². The summed E-state index contributed by atoms with van der Waals surface area (Å²) in [5.74, 6) is -0.0754. The lowest BCUT2D eigenvalue weighted by Crippen LogP contribution is -2.16. The highest BCUT2D eigenvalue weighted by molar-refractivity contribution is 5.88. The Morgan fingerprint density at radius 3 is 2.93 bits per heavy atom. The number of carbonyl (C=O) groups excluding carboxylic acids is 1. The molecule has 0 aliphatic carbocycles. The van der Waals surface area contributed by atoms with Crippen molar-refractivity contribution in [3.63, 3.8) is 0 Å². The molecular weight excluding hydrogens is 180 g/mol. The second kappa shape index (κ2) is 3.17. The smallest absolute Gasteiger partial charge is 0.236 e. The number of carbonyl (C=O) groups is 1. The minimum absolute atomic E-state index is 0.00815. The van der Waals surface area contributed by atoms with Crippen molar-refractivity contribution in [2.75, 3.05) is 0 Å². The van der Waals surface area contributed by atoms with E-state index in [9.17, 15) is 4.79 Å². The molecule has 5 nitrogen and oxygen atoms in total. The average molecular weight is 190 g/mol. The summed E-state index contributed by atoms with van der Waals surface area (Å²) < 4.78 is 1.46. The van der Waals surface area contributed by atoms with Gasteiger partial charge >= 0.3 is 0 Å². The minimum Gasteiger partial charge on any atom is -0.274 e. The fourth-order valence-corrected chi connectivity index (χ4v) is 1.21. The van der Waals surface area contributed by atoms with Gasteiger partial charge < -0.3 is 0 Å². The summed E-state index contributed by atoms with van der Waals surface area (Å²) in [6.45, 7) is 3.69. The fourth-order valence-electron chi connectivity index (χ4n) is 1.21. The lowest BCUT2D eigenvalue weighted by atomic mass is 10.2. The summed E-state index contributed by atoms with van der Waals surface area (Å²) in [6.07, 6.45) is 4.49. The summed E-state index contributed by atoms with van der Waals surface area (Å²) in [7, 11) is 0. The van der Waals surface area contributed by atoms with Crippen LogP contribution in [0.3, 0.4) is 0 Å². The third-order valence-corrected chi connectivity index (χ3v) is 1.94. The van der Waals surface area contributed by atoms with Crippen molar-refractivity contribution >= 4 is 17.1 Å². The van der Waals surface area contributed by atoms with Gasteiger partial charge in [-0.2, -0.15) is 0 Å². The van der Waals surface area contributed by atoms with Crippen molar-refractivity contribution < 1.29 is 4.79 Å². The standard InChI is InChI=1S/C9H10N4O/c1-6(2)9(14)13-5-12-7-3-10-4-11-8(7)13/h3-6H,1-2H3. The Kier molecular flexibility index (Phi) is 1.99. The number of nitrogens with zero attached hydrogens (tertiary/aromatic N) is 4. The first-order valence-corrected chi connectivity index (χ1v) is 4.37. The summed E-state index contributed by atoms with van der Waals surface area (Å²) in [5, 5.41) is 0. The normalized spacial score (nSPS) is 11.1. The molecule has 5 heteroatoms. The zero-order chi connectivity index (χ0) is 10.1. The molecule has 0 atom stereocenters. The molecule has 0 saturated carbocycles. The first-order valence-electron chi connectivity index (χ1n) is 4.37.